The van der Waals surface area contributed by atoms with E-state index in [1.54, 1.807) is 19.5 Å². The lowest BCUT2D eigenvalue weighted by atomic mass is 10.1. The molecular weight excluding hydrogens is 282 g/mol. The second-order valence-electron chi connectivity index (χ2n) is 6.04. The Hall–Kier alpha value is -2.24. The van der Waals surface area contributed by atoms with Gasteiger partial charge in [-0.05, 0) is 34.1 Å². The van der Waals surface area contributed by atoms with Crippen molar-refractivity contribution in [1.82, 2.24) is 10.3 Å². The number of carbonyl (C=O) groups excluding carboxylic acids is 1. The van der Waals surface area contributed by atoms with Crippen LogP contribution >= 0.6 is 0 Å². The molecular formula is C16H25N3O3. The fourth-order valence-corrected chi connectivity index (χ4v) is 1.80. The number of nitrogens with two attached hydrogens (primary N) is 1. The number of pyridine rings is 1. The van der Waals surface area contributed by atoms with E-state index in [2.05, 4.69) is 10.3 Å². The molecule has 1 atom stereocenters. The minimum Gasteiger partial charge on any atom is -0.494 e. The molecule has 1 heterocycles. The Kier molecular flexibility index (Phi) is 6.22. The molecule has 0 fully saturated rings. The zero-order chi connectivity index (χ0) is 16.8. The number of hydrogen-bond donors (Lipinski definition) is 2. The Labute approximate surface area is 131 Å². The van der Waals surface area contributed by atoms with E-state index in [0.717, 1.165) is 5.56 Å². The number of amides is 1. The number of alkyl carbamates (subject to hydrolysis) is 1. The van der Waals surface area contributed by atoms with Crippen molar-refractivity contribution in [3.63, 3.8) is 0 Å². The summed E-state index contributed by atoms with van der Waals surface area (Å²) in [5, 5.41) is 2.78. The van der Waals surface area contributed by atoms with E-state index in [9.17, 15) is 4.79 Å². The number of carbonyl (C=O) groups is 1. The van der Waals surface area contributed by atoms with Crippen LogP contribution in [0.15, 0.2) is 18.5 Å². The Balaban J connectivity index is 2.55. The Morgan fingerprint density at radius 2 is 2.14 bits per heavy atom. The first-order chi connectivity index (χ1) is 10.2. The minimum atomic E-state index is -0.500. The molecule has 3 N–H and O–H groups in total. The van der Waals surface area contributed by atoms with Gasteiger partial charge in [0.05, 0.1) is 19.0 Å². The van der Waals surface area contributed by atoms with Gasteiger partial charge in [-0.25, -0.2) is 4.79 Å². The van der Waals surface area contributed by atoms with Gasteiger partial charge in [0.1, 0.15) is 5.60 Å². The van der Waals surface area contributed by atoms with Gasteiger partial charge in [-0.2, -0.15) is 0 Å². The molecule has 0 saturated carbocycles. The van der Waals surface area contributed by atoms with Gasteiger partial charge in [0.2, 0.25) is 0 Å². The molecule has 1 aromatic rings. The Bertz CT molecular complexity index is 536. The van der Waals surface area contributed by atoms with Crippen LogP contribution in [0, 0.1) is 0 Å². The van der Waals surface area contributed by atoms with Crippen molar-refractivity contribution in [2.45, 2.75) is 45.8 Å². The van der Waals surface area contributed by atoms with Crippen molar-refractivity contribution >= 4 is 17.9 Å². The summed E-state index contributed by atoms with van der Waals surface area (Å²) >= 11 is 0. The summed E-state index contributed by atoms with van der Waals surface area (Å²) in [4.78, 5) is 15.7. The first kappa shape index (κ1) is 17.8. The molecule has 6 nitrogen and oxygen atoms in total. The monoisotopic (exact) mass is 307 g/mol. The maximum absolute atomic E-state index is 11.6. The number of nitrogen functional groups attached to an aromatic ring is 1. The molecule has 0 aliphatic carbocycles. The summed E-state index contributed by atoms with van der Waals surface area (Å²) in [7, 11) is 1.57. The smallest absolute Gasteiger partial charge is 0.407 e. The summed E-state index contributed by atoms with van der Waals surface area (Å²) < 4.78 is 10.5. The molecule has 1 rings (SSSR count). The fraction of sp³-hybridized carbons (Fsp3) is 0.500. The number of methoxy groups -OCH3 is 1. The molecule has 0 spiro atoms. The molecule has 0 radical (unpaired) electrons. The number of anilines is 1. The van der Waals surface area contributed by atoms with E-state index in [1.165, 1.54) is 0 Å². The lowest BCUT2D eigenvalue weighted by Gasteiger charge is -2.21. The van der Waals surface area contributed by atoms with Crippen LogP contribution in [0.5, 0.6) is 5.75 Å². The molecule has 0 aliphatic heterocycles. The van der Waals surface area contributed by atoms with Crippen LogP contribution in [-0.4, -0.2) is 29.8 Å². The molecule has 6 heteroatoms. The third kappa shape index (κ3) is 6.03. The topological polar surface area (TPSA) is 86.5 Å². The highest BCUT2D eigenvalue weighted by Gasteiger charge is 2.17. The maximum Gasteiger partial charge on any atom is 0.407 e. The van der Waals surface area contributed by atoms with Crippen LogP contribution in [0.4, 0.5) is 10.5 Å². The molecule has 0 bridgehead atoms. The molecule has 0 unspecified atom stereocenters. The van der Waals surface area contributed by atoms with Crippen LogP contribution in [0.25, 0.3) is 6.08 Å². The van der Waals surface area contributed by atoms with E-state index < -0.39 is 11.7 Å². The first-order valence-electron chi connectivity index (χ1n) is 7.16. The van der Waals surface area contributed by atoms with E-state index in [4.69, 9.17) is 15.2 Å². The minimum absolute atomic E-state index is 0.0499. The summed E-state index contributed by atoms with van der Waals surface area (Å²) in [5.74, 6) is 0.596. The summed E-state index contributed by atoms with van der Waals surface area (Å²) in [6, 6.07) is -0.0499. The van der Waals surface area contributed by atoms with Gasteiger partial charge in [-0.1, -0.05) is 12.2 Å². The van der Waals surface area contributed by atoms with E-state index in [-0.39, 0.29) is 6.04 Å². The van der Waals surface area contributed by atoms with Crippen LogP contribution in [0.2, 0.25) is 0 Å². The number of ether oxygens (including phenoxy) is 2. The molecule has 122 valence electrons. The van der Waals surface area contributed by atoms with Gasteiger partial charge in [-0.3, -0.25) is 4.98 Å². The normalized spacial score (nSPS) is 13.0. The van der Waals surface area contributed by atoms with Crippen LogP contribution in [0.3, 0.4) is 0 Å². The summed E-state index contributed by atoms with van der Waals surface area (Å²) in [6.07, 6.45) is 7.25. The standard InChI is InChI=1S/C16H25N3O3/c1-11(19-15(20)22-16(2,3)4)7-6-8-12-9-18-10-13(17)14(12)21-5/h6,8-11H,7,17H2,1-5H3,(H,19,20)/b8-6+/t11-/m0/s1. The summed E-state index contributed by atoms with van der Waals surface area (Å²) in [6.45, 7) is 7.39. The number of hydrogen-bond acceptors (Lipinski definition) is 5. The number of aromatic nitrogens is 1. The number of nitrogens with one attached hydrogen (secondary N) is 1. The van der Waals surface area contributed by atoms with Crippen molar-refractivity contribution in [1.29, 1.82) is 0 Å². The lowest BCUT2D eigenvalue weighted by Crippen LogP contribution is -2.37. The average Bonchev–Trinajstić information content (AvgIpc) is 2.36. The molecule has 22 heavy (non-hydrogen) atoms. The van der Waals surface area contributed by atoms with Gasteiger partial charge < -0.3 is 20.5 Å². The van der Waals surface area contributed by atoms with Crippen LogP contribution in [0.1, 0.15) is 39.7 Å². The van der Waals surface area contributed by atoms with Gasteiger partial charge in [0.25, 0.3) is 0 Å². The highest BCUT2D eigenvalue weighted by atomic mass is 16.6. The summed E-state index contributed by atoms with van der Waals surface area (Å²) in [5.41, 5.74) is 6.58. The van der Waals surface area contributed by atoms with Crippen molar-refractivity contribution in [3.05, 3.63) is 24.0 Å². The Morgan fingerprint density at radius 3 is 2.73 bits per heavy atom. The first-order valence-corrected chi connectivity index (χ1v) is 7.16. The van der Waals surface area contributed by atoms with E-state index >= 15 is 0 Å². The highest BCUT2D eigenvalue weighted by molar-refractivity contribution is 5.68. The molecule has 0 aliphatic rings. The largest absolute Gasteiger partial charge is 0.494 e. The van der Waals surface area contributed by atoms with Crippen molar-refractivity contribution in [3.8, 4) is 5.75 Å². The molecule has 1 aromatic heterocycles. The van der Waals surface area contributed by atoms with Crippen molar-refractivity contribution in [2.75, 3.05) is 12.8 Å². The predicted octanol–water partition coefficient (Wildman–Crippen LogP) is 2.99. The quantitative estimate of drug-likeness (QED) is 0.873. The predicted molar refractivity (Wildman–Crippen MR) is 87.7 cm³/mol. The zero-order valence-electron chi connectivity index (χ0n) is 13.8. The Morgan fingerprint density at radius 1 is 1.45 bits per heavy atom. The lowest BCUT2D eigenvalue weighted by molar-refractivity contribution is 0.0509. The van der Waals surface area contributed by atoms with Gasteiger partial charge in [-0.15, -0.1) is 0 Å². The SMILES string of the molecule is COc1c(N)cncc1/C=C/C[C@H](C)NC(=O)OC(C)(C)C. The average molecular weight is 307 g/mol. The number of rotatable bonds is 5. The fourth-order valence-electron chi connectivity index (χ4n) is 1.80. The van der Waals surface area contributed by atoms with Crippen LogP contribution < -0.4 is 15.8 Å². The molecule has 1 amide bonds. The van der Waals surface area contributed by atoms with Gasteiger partial charge in [0.15, 0.2) is 5.75 Å². The highest BCUT2D eigenvalue weighted by Crippen LogP contribution is 2.25. The van der Waals surface area contributed by atoms with E-state index in [0.29, 0.717) is 17.9 Å². The molecule has 0 aromatic carbocycles. The van der Waals surface area contributed by atoms with Gasteiger partial charge >= 0.3 is 6.09 Å². The van der Waals surface area contributed by atoms with Crippen molar-refractivity contribution in [2.24, 2.45) is 0 Å². The van der Waals surface area contributed by atoms with Crippen LogP contribution in [-0.2, 0) is 4.74 Å². The van der Waals surface area contributed by atoms with Gasteiger partial charge in [0, 0.05) is 17.8 Å². The van der Waals surface area contributed by atoms with Crippen molar-refractivity contribution < 1.29 is 14.3 Å². The zero-order valence-corrected chi connectivity index (χ0v) is 13.8. The van der Waals surface area contributed by atoms with E-state index in [1.807, 2.05) is 39.8 Å². The number of nitrogens with zero attached hydrogens (tertiary/aromatic N) is 1. The molecule has 0 saturated heterocycles. The maximum atomic E-state index is 11.6. The third-order valence-electron chi connectivity index (χ3n) is 2.71. The third-order valence-corrected chi connectivity index (χ3v) is 2.71. The second-order valence-corrected chi connectivity index (χ2v) is 6.04. The second kappa shape index (κ2) is 7.68.